The molecular formula is C13H20BrNO. The van der Waals surface area contributed by atoms with E-state index >= 15 is 0 Å². The van der Waals surface area contributed by atoms with Crippen LogP contribution in [0.25, 0.3) is 0 Å². The Morgan fingerprint density at radius 1 is 1.31 bits per heavy atom. The predicted molar refractivity (Wildman–Crippen MR) is 72.2 cm³/mol. The van der Waals surface area contributed by atoms with Crippen LogP contribution < -0.4 is 0 Å². The number of alkyl halides is 1. The maximum absolute atomic E-state index is 5.09. The van der Waals surface area contributed by atoms with Gasteiger partial charge in [-0.3, -0.25) is 0 Å². The van der Waals surface area contributed by atoms with Crippen LogP contribution in [0.5, 0.6) is 0 Å². The highest BCUT2D eigenvalue weighted by atomic mass is 79.9. The van der Waals surface area contributed by atoms with Crippen LogP contribution in [-0.4, -0.2) is 43.6 Å². The van der Waals surface area contributed by atoms with E-state index in [1.54, 1.807) is 7.11 Å². The lowest BCUT2D eigenvalue weighted by molar-refractivity contribution is 0.186. The van der Waals surface area contributed by atoms with E-state index in [1.807, 2.05) is 0 Å². The third-order valence-electron chi connectivity index (χ3n) is 2.48. The number of halogens is 1. The smallest absolute Gasteiger partial charge is 0.0600 e. The lowest BCUT2D eigenvalue weighted by Crippen LogP contribution is -2.30. The number of hydrogen-bond acceptors (Lipinski definition) is 2. The lowest BCUT2D eigenvalue weighted by atomic mass is 10.1. The summed E-state index contributed by atoms with van der Waals surface area (Å²) in [5.41, 5.74) is 1.40. The zero-order chi connectivity index (χ0) is 11.8. The molecule has 0 fully saturated rings. The normalized spacial score (nSPS) is 13.0. The monoisotopic (exact) mass is 285 g/mol. The standard InChI is InChI=1S/C13H20BrNO/c1-15(10-13(14)11-16-2)9-8-12-6-4-3-5-7-12/h3-7,13H,8-11H2,1-2H3. The summed E-state index contributed by atoms with van der Waals surface area (Å²) >= 11 is 3.60. The van der Waals surface area contributed by atoms with Crippen molar-refractivity contribution in [1.82, 2.24) is 4.90 Å². The first-order valence-electron chi connectivity index (χ1n) is 5.58. The minimum Gasteiger partial charge on any atom is -0.383 e. The van der Waals surface area contributed by atoms with Crippen LogP contribution in [0.3, 0.4) is 0 Å². The minimum absolute atomic E-state index is 0.415. The number of ether oxygens (including phenoxy) is 1. The number of rotatable bonds is 7. The van der Waals surface area contributed by atoms with E-state index in [9.17, 15) is 0 Å². The van der Waals surface area contributed by atoms with Gasteiger partial charge in [-0.25, -0.2) is 0 Å². The van der Waals surface area contributed by atoms with Crippen molar-refractivity contribution in [2.45, 2.75) is 11.2 Å². The van der Waals surface area contributed by atoms with Gasteiger partial charge in [0, 0.05) is 20.2 Å². The van der Waals surface area contributed by atoms with Crippen LogP contribution in [-0.2, 0) is 11.2 Å². The van der Waals surface area contributed by atoms with Crippen molar-refractivity contribution >= 4 is 15.9 Å². The van der Waals surface area contributed by atoms with Crippen LogP contribution in [0.1, 0.15) is 5.56 Å². The maximum atomic E-state index is 5.09. The van der Waals surface area contributed by atoms with Crippen LogP contribution in [0.2, 0.25) is 0 Å². The Bertz CT molecular complexity index is 279. The summed E-state index contributed by atoms with van der Waals surface area (Å²) in [5, 5.41) is 0. The quantitative estimate of drug-likeness (QED) is 0.714. The second kappa shape index (κ2) is 7.82. The van der Waals surface area contributed by atoms with Crippen LogP contribution >= 0.6 is 15.9 Å². The van der Waals surface area contributed by atoms with Crippen LogP contribution in [0, 0.1) is 0 Å². The molecule has 0 radical (unpaired) electrons. The fourth-order valence-corrected chi connectivity index (χ4v) is 2.39. The highest BCUT2D eigenvalue weighted by Gasteiger charge is 2.07. The topological polar surface area (TPSA) is 12.5 Å². The second-order valence-electron chi connectivity index (χ2n) is 4.05. The molecule has 2 nitrogen and oxygen atoms in total. The summed E-state index contributed by atoms with van der Waals surface area (Å²) in [5.74, 6) is 0. The van der Waals surface area contributed by atoms with E-state index in [-0.39, 0.29) is 0 Å². The molecule has 0 saturated carbocycles. The van der Waals surface area contributed by atoms with E-state index in [0.717, 1.165) is 26.1 Å². The first-order valence-corrected chi connectivity index (χ1v) is 6.49. The fraction of sp³-hybridized carbons (Fsp3) is 0.538. The molecule has 0 heterocycles. The summed E-state index contributed by atoms with van der Waals surface area (Å²) in [6.07, 6.45) is 1.10. The zero-order valence-electron chi connectivity index (χ0n) is 10.0. The van der Waals surface area contributed by atoms with Crippen molar-refractivity contribution < 1.29 is 4.74 Å². The van der Waals surface area contributed by atoms with Crippen LogP contribution in [0.15, 0.2) is 30.3 Å². The number of likely N-dealkylation sites (N-methyl/N-ethyl adjacent to an activating group) is 1. The van der Waals surface area contributed by atoms with Crippen LogP contribution in [0.4, 0.5) is 0 Å². The molecule has 90 valence electrons. The van der Waals surface area contributed by atoms with Crippen molar-refractivity contribution in [1.29, 1.82) is 0 Å². The molecule has 0 aliphatic carbocycles. The number of hydrogen-bond donors (Lipinski definition) is 0. The van der Waals surface area contributed by atoms with Gasteiger partial charge in [-0.2, -0.15) is 0 Å². The molecule has 1 rings (SSSR count). The molecule has 16 heavy (non-hydrogen) atoms. The van der Waals surface area contributed by atoms with E-state index in [4.69, 9.17) is 4.74 Å². The molecule has 0 saturated heterocycles. The van der Waals surface area contributed by atoms with E-state index in [1.165, 1.54) is 5.56 Å². The molecule has 0 spiro atoms. The molecule has 0 amide bonds. The molecule has 0 bridgehead atoms. The van der Waals surface area contributed by atoms with E-state index in [0.29, 0.717) is 4.83 Å². The Hall–Kier alpha value is -0.380. The third kappa shape index (κ3) is 5.64. The molecule has 0 aliphatic heterocycles. The zero-order valence-corrected chi connectivity index (χ0v) is 11.6. The Morgan fingerprint density at radius 3 is 2.62 bits per heavy atom. The van der Waals surface area contributed by atoms with Gasteiger partial charge >= 0.3 is 0 Å². The summed E-state index contributed by atoms with van der Waals surface area (Å²) in [4.78, 5) is 2.74. The molecule has 0 N–H and O–H groups in total. The molecular weight excluding hydrogens is 266 g/mol. The fourth-order valence-electron chi connectivity index (χ4n) is 1.63. The molecule has 1 unspecified atom stereocenters. The first kappa shape index (κ1) is 13.7. The van der Waals surface area contributed by atoms with E-state index < -0.39 is 0 Å². The van der Waals surface area contributed by atoms with Crippen molar-refractivity contribution in [3.63, 3.8) is 0 Å². The highest BCUT2D eigenvalue weighted by Crippen LogP contribution is 2.04. The summed E-state index contributed by atoms with van der Waals surface area (Å²) in [6, 6.07) is 10.6. The van der Waals surface area contributed by atoms with Gasteiger partial charge in [0.2, 0.25) is 0 Å². The summed E-state index contributed by atoms with van der Waals surface area (Å²) in [6.45, 7) is 2.85. The van der Waals surface area contributed by atoms with Gasteiger partial charge < -0.3 is 9.64 Å². The molecule has 0 aromatic heterocycles. The average Bonchev–Trinajstić information content (AvgIpc) is 2.28. The lowest BCUT2D eigenvalue weighted by Gasteiger charge is -2.19. The second-order valence-corrected chi connectivity index (χ2v) is 5.35. The molecule has 0 aliphatic rings. The third-order valence-corrected chi connectivity index (χ3v) is 3.04. The highest BCUT2D eigenvalue weighted by molar-refractivity contribution is 9.09. The molecule has 1 aromatic carbocycles. The van der Waals surface area contributed by atoms with Gasteiger partial charge in [0.1, 0.15) is 0 Å². The van der Waals surface area contributed by atoms with Gasteiger partial charge in [-0.15, -0.1) is 0 Å². The predicted octanol–water partition coefficient (Wildman–Crippen LogP) is 2.57. The van der Waals surface area contributed by atoms with E-state index in [2.05, 4.69) is 58.2 Å². The van der Waals surface area contributed by atoms with Gasteiger partial charge in [-0.1, -0.05) is 46.3 Å². The van der Waals surface area contributed by atoms with Crippen molar-refractivity contribution in [3.8, 4) is 0 Å². The SMILES string of the molecule is COCC(Br)CN(C)CCc1ccccc1. The van der Waals surface area contributed by atoms with Gasteiger partial charge in [0.25, 0.3) is 0 Å². The number of methoxy groups -OCH3 is 1. The van der Waals surface area contributed by atoms with Crippen molar-refractivity contribution in [2.75, 3.05) is 33.9 Å². The minimum atomic E-state index is 0.415. The van der Waals surface area contributed by atoms with Crippen molar-refractivity contribution in [3.05, 3.63) is 35.9 Å². The summed E-state index contributed by atoms with van der Waals surface area (Å²) in [7, 11) is 3.88. The largest absolute Gasteiger partial charge is 0.383 e. The van der Waals surface area contributed by atoms with Crippen molar-refractivity contribution in [2.24, 2.45) is 0 Å². The molecule has 1 atom stereocenters. The molecule has 1 aromatic rings. The maximum Gasteiger partial charge on any atom is 0.0600 e. The number of benzene rings is 1. The number of nitrogens with zero attached hydrogens (tertiary/aromatic N) is 1. The van der Waals surface area contributed by atoms with Gasteiger partial charge in [0.05, 0.1) is 11.4 Å². The first-order chi connectivity index (χ1) is 7.72. The Labute approximate surface area is 107 Å². The van der Waals surface area contributed by atoms with Gasteiger partial charge in [-0.05, 0) is 19.0 Å². The average molecular weight is 286 g/mol. The van der Waals surface area contributed by atoms with Gasteiger partial charge in [0.15, 0.2) is 0 Å². The Morgan fingerprint density at radius 2 is 2.00 bits per heavy atom. The Balaban J connectivity index is 2.22. The summed E-state index contributed by atoms with van der Waals surface area (Å²) < 4.78 is 5.09. The Kier molecular flexibility index (Phi) is 6.69. The molecule has 3 heteroatoms.